The van der Waals surface area contributed by atoms with Crippen LogP contribution in [-0.2, 0) is 9.59 Å². The number of rotatable bonds is 7. The molecule has 98 valence electrons. The van der Waals surface area contributed by atoms with E-state index in [2.05, 4.69) is 29.8 Å². The molecule has 7 heteroatoms. The van der Waals surface area contributed by atoms with Gasteiger partial charge >= 0.3 is 11.8 Å². The summed E-state index contributed by atoms with van der Waals surface area (Å²) in [5.41, 5.74) is 5.21. The van der Waals surface area contributed by atoms with E-state index in [0.29, 0.717) is 0 Å². The lowest BCUT2D eigenvalue weighted by atomic mass is 10.2. The van der Waals surface area contributed by atoms with Crippen LogP contribution in [0, 0.1) is 0 Å². The molecular weight excluding hydrogens is 258 g/mol. The molecule has 2 amide bonds. The quantitative estimate of drug-likeness (QED) is 0.347. The summed E-state index contributed by atoms with van der Waals surface area (Å²) in [6, 6.07) is -0.0165. The molecule has 1 atom stereocenters. The molecule has 0 fully saturated rings. The van der Waals surface area contributed by atoms with Gasteiger partial charge in [-0.25, -0.2) is 0 Å². The molecule has 0 aliphatic heterocycles. The lowest BCUT2D eigenvalue weighted by Crippen LogP contribution is -2.45. The van der Waals surface area contributed by atoms with Crippen molar-refractivity contribution in [2.24, 2.45) is 5.73 Å². The Bertz CT molecular complexity index is 285. The fraction of sp³-hybridized carbons (Fsp3) is 0.700. The van der Waals surface area contributed by atoms with E-state index in [9.17, 15) is 9.59 Å². The molecule has 0 spiro atoms. The average molecular weight is 277 g/mol. The number of nitrogens with one attached hydrogen (secondary N) is 2. The highest BCUT2D eigenvalue weighted by Crippen LogP contribution is 2.03. The lowest BCUT2D eigenvalue weighted by Gasteiger charge is -2.13. The van der Waals surface area contributed by atoms with Crippen LogP contribution in [-0.4, -0.2) is 40.9 Å². The van der Waals surface area contributed by atoms with E-state index < -0.39 is 11.8 Å². The van der Waals surface area contributed by atoms with Crippen LogP contribution in [0.1, 0.15) is 20.3 Å². The van der Waals surface area contributed by atoms with Crippen LogP contribution >= 0.6 is 24.0 Å². The highest BCUT2D eigenvalue weighted by atomic mass is 32.2. The zero-order valence-electron chi connectivity index (χ0n) is 10.1. The van der Waals surface area contributed by atoms with Gasteiger partial charge in [0.05, 0.1) is 11.5 Å². The Morgan fingerprint density at radius 3 is 2.59 bits per heavy atom. The minimum atomic E-state index is -0.701. The zero-order valence-corrected chi connectivity index (χ0v) is 11.7. The van der Waals surface area contributed by atoms with E-state index in [-0.39, 0.29) is 17.6 Å². The first kappa shape index (κ1) is 16.2. The highest BCUT2D eigenvalue weighted by molar-refractivity contribution is 7.99. The third-order valence-corrected chi connectivity index (χ3v) is 2.98. The Labute approximate surface area is 111 Å². The molecule has 5 nitrogen and oxygen atoms in total. The van der Waals surface area contributed by atoms with Crippen LogP contribution in [0.25, 0.3) is 0 Å². The van der Waals surface area contributed by atoms with E-state index in [1.165, 1.54) is 0 Å². The van der Waals surface area contributed by atoms with Crippen molar-refractivity contribution in [2.45, 2.75) is 26.3 Å². The van der Waals surface area contributed by atoms with E-state index in [0.717, 1.165) is 17.9 Å². The average Bonchev–Trinajstić information content (AvgIpc) is 2.26. The number of carbonyl (C=O) groups is 2. The normalized spacial score (nSPS) is 11.6. The second kappa shape index (κ2) is 9.23. The van der Waals surface area contributed by atoms with Crippen LogP contribution < -0.4 is 16.4 Å². The van der Waals surface area contributed by atoms with Crippen molar-refractivity contribution in [2.75, 3.05) is 18.1 Å². The monoisotopic (exact) mass is 277 g/mol. The number of nitrogens with two attached hydrogens (primary N) is 1. The molecule has 1 unspecified atom stereocenters. The van der Waals surface area contributed by atoms with E-state index >= 15 is 0 Å². The first-order chi connectivity index (χ1) is 7.97. The summed E-state index contributed by atoms with van der Waals surface area (Å²) in [7, 11) is 0. The maximum absolute atomic E-state index is 11.4. The molecule has 17 heavy (non-hydrogen) atoms. The van der Waals surface area contributed by atoms with Crippen LogP contribution in [0.15, 0.2) is 0 Å². The third-order valence-electron chi connectivity index (χ3n) is 1.91. The van der Waals surface area contributed by atoms with Crippen LogP contribution in [0.4, 0.5) is 0 Å². The summed E-state index contributed by atoms with van der Waals surface area (Å²) in [5.74, 6) is 0.671. The van der Waals surface area contributed by atoms with Crippen LogP contribution in [0.2, 0.25) is 0 Å². The van der Waals surface area contributed by atoms with Crippen LogP contribution in [0.3, 0.4) is 0 Å². The molecule has 0 aromatic carbocycles. The fourth-order valence-electron chi connectivity index (χ4n) is 1.01. The largest absolute Gasteiger partial charge is 0.392 e. The SMILES string of the molecule is CCSCCC(C)NC(=O)C(=O)NCC(N)=S. The topological polar surface area (TPSA) is 84.2 Å². The van der Waals surface area contributed by atoms with E-state index in [4.69, 9.17) is 5.73 Å². The lowest BCUT2D eigenvalue weighted by molar-refractivity contribution is -0.139. The van der Waals surface area contributed by atoms with Crippen molar-refractivity contribution in [3.63, 3.8) is 0 Å². The molecule has 0 aromatic heterocycles. The molecule has 0 aromatic rings. The van der Waals surface area contributed by atoms with Gasteiger partial charge in [0.2, 0.25) is 0 Å². The van der Waals surface area contributed by atoms with Crippen molar-refractivity contribution >= 4 is 40.8 Å². The first-order valence-electron chi connectivity index (χ1n) is 5.42. The number of thiocarbonyl (C=S) groups is 1. The van der Waals surface area contributed by atoms with Gasteiger partial charge < -0.3 is 16.4 Å². The molecule has 0 saturated carbocycles. The summed E-state index contributed by atoms with van der Waals surface area (Å²) >= 11 is 6.39. The standard InChI is InChI=1S/C10H19N3O2S2/c1-3-17-5-4-7(2)13-10(15)9(14)12-6-8(11)16/h7H,3-6H2,1-2H3,(H2,11,16)(H,12,14)(H,13,15). The smallest absolute Gasteiger partial charge is 0.309 e. The molecule has 0 bridgehead atoms. The van der Waals surface area contributed by atoms with Gasteiger partial charge in [-0.05, 0) is 24.9 Å². The fourth-order valence-corrected chi connectivity index (χ4v) is 1.89. The Morgan fingerprint density at radius 1 is 1.41 bits per heavy atom. The summed E-state index contributed by atoms with van der Waals surface area (Å²) in [6.07, 6.45) is 0.840. The minimum absolute atomic E-state index is 0.0165. The predicted octanol–water partition coefficient (Wildman–Crippen LogP) is 0.0366. The molecule has 0 heterocycles. The predicted molar refractivity (Wildman–Crippen MR) is 75.0 cm³/mol. The van der Waals surface area contributed by atoms with Gasteiger partial charge in [-0.15, -0.1) is 0 Å². The Balaban J connectivity index is 3.82. The molecule has 0 saturated heterocycles. The summed E-state index contributed by atoms with van der Waals surface area (Å²) in [6.45, 7) is 3.99. The molecule has 0 radical (unpaired) electrons. The van der Waals surface area contributed by atoms with Crippen molar-refractivity contribution in [3.05, 3.63) is 0 Å². The van der Waals surface area contributed by atoms with Crippen molar-refractivity contribution in [1.82, 2.24) is 10.6 Å². The van der Waals surface area contributed by atoms with Gasteiger partial charge in [0.1, 0.15) is 0 Å². The summed E-state index contributed by atoms with van der Waals surface area (Å²) < 4.78 is 0. The Morgan fingerprint density at radius 2 is 2.06 bits per heavy atom. The summed E-state index contributed by atoms with van der Waals surface area (Å²) in [4.78, 5) is 22.8. The van der Waals surface area contributed by atoms with Crippen LogP contribution in [0.5, 0.6) is 0 Å². The number of hydrogen-bond donors (Lipinski definition) is 3. The molecule has 4 N–H and O–H groups in total. The van der Waals surface area contributed by atoms with Gasteiger partial charge in [-0.3, -0.25) is 9.59 Å². The number of hydrogen-bond acceptors (Lipinski definition) is 4. The zero-order chi connectivity index (χ0) is 13.3. The number of thioether (sulfide) groups is 1. The Kier molecular flexibility index (Phi) is 8.79. The van der Waals surface area contributed by atoms with Gasteiger partial charge in [0.25, 0.3) is 0 Å². The second-order valence-corrected chi connectivity index (χ2v) is 5.43. The highest BCUT2D eigenvalue weighted by Gasteiger charge is 2.15. The van der Waals surface area contributed by atoms with Gasteiger partial charge in [-0.2, -0.15) is 11.8 Å². The first-order valence-corrected chi connectivity index (χ1v) is 6.98. The van der Waals surface area contributed by atoms with E-state index in [1.807, 2.05) is 6.92 Å². The van der Waals surface area contributed by atoms with Crippen molar-refractivity contribution in [3.8, 4) is 0 Å². The second-order valence-electron chi connectivity index (χ2n) is 3.51. The Hall–Kier alpha value is -0.820. The maximum atomic E-state index is 11.4. The maximum Gasteiger partial charge on any atom is 0.309 e. The number of amides is 2. The van der Waals surface area contributed by atoms with Gasteiger partial charge in [0.15, 0.2) is 0 Å². The summed E-state index contributed by atoms with van der Waals surface area (Å²) in [5, 5.41) is 4.95. The molecule has 0 aliphatic rings. The van der Waals surface area contributed by atoms with E-state index in [1.54, 1.807) is 11.8 Å². The van der Waals surface area contributed by atoms with Gasteiger partial charge in [-0.1, -0.05) is 19.1 Å². The third kappa shape index (κ3) is 8.93. The number of carbonyl (C=O) groups excluding carboxylic acids is 2. The van der Waals surface area contributed by atoms with Crippen molar-refractivity contribution < 1.29 is 9.59 Å². The molecule has 0 aliphatic carbocycles. The van der Waals surface area contributed by atoms with Gasteiger partial charge in [0, 0.05) is 6.04 Å². The van der Waals surface area contributed by atoms with Crippen molar-refractivity contribution in [1.29, 1.82) is 0 Å². The minimum Gasteiger partial charge on any atom is -0.392 e. The molecular formula is C10H19N3O2S2. The molecule has 0 rings (SSSR count).